The summed E-state index contributed by atoms with van der Waals surface area (Å²) >= 11 is 0. The van der Waals surface area contributed by atoms with E-state index in [1.807, 2.05) is 24.3 Å². The number of aromatic nitrogens is 2. The Morgan fingerprint density at radius 3 is 2.83 bits per heavy atom. The molecule has 116 valence electrons. The van der Waals surface area contributed by atoms with Crippen molar-refractivity contribution in [2.45, 2.75) is 6.42 Å². The van der Waals surface area contributed by atoms with Gasteiger partial charge in [0.15, 0.2) is 0 Å². The zero-order valence-electron chi connectivity index (χ0n) is 12.9. The van der Waals surface area contributed by atoms with Crippen molar-refractivity contribution < 1.29 is 4.74 Å². The first-order valence-electron chi connectivity index (χ1n) is 8.02. The summed E-state index contributed by atoms with van der Waals surface area (Å²) in [6.45, 7) is 2.78. The molecule has 1 aromatic carbocycles. The van der Waals surface area contributed by atoms with E-state index in [1.165, 1.54) is 5.39 Å². The molecule has 1 aliphatic heterocycles. The average molecular weight is 305 g/mol. The van der Waals surface area contributed by atoms with Crippen LogP contribution in [0.4, 0.5) is 5.82 Å². The minimum atomic E-state index is 0.538. The fourth-order valence-electron chi connectivity index (χ4n) is 3.06. The third kappa shape index (κ3) is 3.11. The molecule has 0 aliphatic carbocycles. The van der Waals surface area contributed by atoms with Gasteiger partial charge in [0, 0.05) is 36.8 Å². The molecule has 1 unspecified atom stereocenters. The Balaban J connectivity index is 1.41. The van der Waals surface area contributed by atoms with Gasteiger partial charge in [-0.25, -0.2) is 4.98 Å². The highest BCUT2D eigenvalue weighted by atomic mass is 16.5. The third-order valence-electron chi connectivity index (χ3n) is 4.33. The largest absolute Gasteiger partial charge is 0.493 e. The number of para-hydroxylation sites is 1. The van der Waals surface area contributed by atoms with Gasteiger partial charge < -0.3 is 9.64 Å². The molecular weight excluding hydrogens is 286 g/mol. The lowest BCUT2D eigenvalue weighted by Gasteiger charge is -2.18. The molecule has 3 heterocycles. The first-order chi connectivity index (χ1) is 11.4. The molecule has 1 fully saturated rings. The molecule has 1 atom stereocenters. The lowest BCUT2D eigenvalue weighted by Crippen LogP contribution is -2.22. The van der Waals surface area contributed by atoms with Crippen LogP contribution in [-0.2, 0) is 0 Å². The Bertz CT molecular complexity index is 791. The smallest absolute Gasteiger partial charge is 0.129 e. The highest BCUT2D eigenvalue weighted by Gasteiger charge is 2.24. The zero-order chi connectivity index (χ0) is 15.5. The van der Waals surface area contributed by atoms with Crippen LogP contribution in [0.1, 0.15) is 6.42 Å². The molecule has 0 N–H and O–H groups in total. The van der Waals surface area contributed by atoms with Gasteiger partial charge >= 0.3 is 0 Å². The van der Waals surface area contributed by atoms with Crippen LogP contribution in [0.15, 0.2) is 60.9 Å². The van der Waals surface area contributed by atoms with Gasteiger partial charge in [0.25, 0.3) is 0 Å². The Hall–Kier alpha value is -2.62. The fourth-order valence-corrected chi connectivity index (χ4v) is 3.06. The molecule has 4 nitrogen and oxygen atoms in total. The molecule has 23 heavy (non-hydrogen) atoms. The van der Waals surface area contributed by atoms with E-state index in [2.05, 4.69) is 34.1 Å². The second-order valence-electron chi connectivity index (χ2n) is 5.96. The number of nitrogens with zero attached hydrogens (tertiary/aromatic N) is 3. The van der Waals surface area contributed by atoms with Crippen molar-refractivity contribution in [3.8, 4) is 5.75 Å². The quantitative estimate of drug-likeness (QED) is 0.739. The van der Waals surface area contributed by atoms with Gasteiger partial charge in [0.1, 0.15) is 11.6 Å². The minimum absolute atomic E-state index is 0.538. The van der Waals surface area contributed by atoms with Crippen molar-refractivity contribution in [2.75, 3.05) is 24.6 Å². The van der Waals surface area contributed by atoms with Crippen LogP contribution in [0.3, 0.4) is 0 Å². The number of hydrogen-bond donors (Lipinski definition) is 0. The normalized spacial score (nSPS) is 17.6. The lowest BCUT2D eigenvalue weighted by molar-refractivity contribution is 0.261. The molecule has 1 aliphatic rings. The minimum Gasteiger partial charge on any atom is -0.493 e. The average Bonchev–Trinajstić information content (AvgIpc) is 3.09. The van der Waals surface area contributed by atoms with Gasteiger partial charge in [-0.05, 0) is 36.8 Å². The number of benzene rings is 1. The van der Waals surface area contributed by atoms with E-state index in [-0.39, 0.29) is 0 Å². The summed E-state index contributed by atoms with van der Waals surface area (Å²) in [5.41, 5.74) is 1.06. The molecule has 0 radical (unpaired) electrons. The van der Waals surface area contributed by atoms with Crippen LogP contribution in [0.25, 0.3) is 10.9 Å². The van der Waals surface area contributed by atoms with Crippen LogP contribution in [-0.4, -0.2) is 29.7 Å². The summed E-state index contributed by atoms with van der Waals surface area (Å²) in [4.78, 5) is 11.1. The van der Waals surface area contributed by atoms with E-state index in [0.29, 0.717) is 5.92 Å². The summed E-state index contributed by atoms with van der Waals surface area (Å²) < 4.78 is 5.86. The van der Waals surface area contributed by atoms with Gasteiger partial charge in [-0.2, -0.15) is 0 Å². The number of rotatable bonds is 4. The van der Waals surface area contributed by atoms with Crippen molar-refractivity contribution in [2.24, 2.45) is 5.92 Å². The van der Waals surface area contributed by atoms with Gasteiger partial charge in [-0.15, -0.1) is 0 Å². The van der Waals surface area contributed by atoms with E-state index in [1.54, 1.807) is 12.4 Å². The zero-order valence-corrected chi connectivity index (χ0v) is 12.9. The Morgan fingerprint density at radius 2 is 1.91 bits per heavy atom. The number of pyridine rings is 2. The fraction of sp³-hybridized carbons (Fsp3) is 0.263. The van der Waals surface area contributed by atoms with E-state index in [0.717, 1.165) is 43.2 Å². The standard InChI is InChI=1S/C19H19N3O/c1-2-4-18-16(3-1)5-6-19(21-18)22-12-9-15(13-22)14-23-17-7-10-20-11-8-17/h1-8,10-11,15H,9,12-14H2. The maximum absolute atomic E-state index is 5.86. The van der Waals surface area contributed by atoms with Gasteiger partial charge in [0.2, 0.25) is 0 Å². The summed E-state index contributed by atoms with van der Waals surface area (Å²) in [6.07, 6.45) is 4.66. The van der Waals surface area contributed by atoms with Gasteiger partial charge in [-0.1, -0.05) is 18.2 Å². The molecule has 0 amide bonds. The molecule has 0 saturated carbocycles. The third-order valence-corrected chi connectivity index (χ3v) is 4.33. The molecule has 0 bridgehead atoms. The van der Waals surface area contributed by atoms with E-state index < -0.39 is 0 Å². The van der Waals surface area contributed by atoms with Gasteiger partial charge in [-0.3, -0.25) is 4.98 Å². The summed E-state index contributed by atoms with van der Waals surface area (Å²) in [5.74, 6) is 2.49. The topological polar surface area (TPSA) is 38.2 Å². The molecule has 0 spiro atoms. The second kappa shape index (κ2) is 6.24. The van der Waals surface area contributed by atoms with Gasteiger partial charge in [0.05, 0.1) is 12.1 Å². The summed E-state index contributed by atoms with van der Waals surface area (Å²) in [7, 11) is 0. The Morgan fingerprint density at radius 1 is 1.04 bits per heavy atom. The predicted octanol–water partition coefficient (Wildman–Crippen LogP) is 3.54. The molecule has 2 aromatic heterocycles. The van der Waals surface area contributed by atoms with E-state index in [4.69, 9.17) is 9.72 Å². The molecule has 4 heteroatoms. The SMILES string of the molecule is c1ccc2nc(N3CCC(COc4ccncc4)C3)ccc2c1. The van der Waals surface area contributed by atoms with Crippen molar-refractivity contribution in [3.63, 3.8) is 0 Å². The second-order valence-corrected chi connectivity index (χ2v) is 5.96. The first-order valence-corrected chi connectivity index (χ1v) is 8.02. The van der Waals surface area contributed by atoms with Crippen LogP contribution in [0.5, 0.6) is 5.75 Å². The Labute approximate surface area is 135 Å². The molecule has 1 saturated heterocycles. The van der Waals surface area contributed by atoms with Crippen molar-refractivity contribution >= 4 is 16.7 Å². The lowest BCUT2D eigenvalue weighted by atomic mass is 10.1. The van der Waals surface area contributed by atoms with E-state index in [9.17, 15) is 0 Å². The summed E-state index contributed by atoms with van der Waals surface area (Å²) in [6, 6.07) is 16.3. The van der Waals surface area contributed by atoms with Crippen LogP contribution in [0, 0.1) is 5.92 Å². The Kier molecular flexibility index (Phi) is 3.80. The highest BCUT2D eigenvalue weighted by Crippen LogP contribution is 2.25. The molecule has 4 rings (SSSR count). The maximum atomic E-state index is 5.86. The van der Waals surface area contributed by atoms with Crippen LogP contribution in [0.2, 0.25) is 0 Å². The van der Waals surface area contributed by atoms with Crippen molar-refractivity contribution in [1.29, 1.82) is 0 Å². The highest BCUT2D eigenvalue weighted by molar-refractivity contribution is 5.80. The first kappa shape index (κ1) is 14.0. The van der Waals surface area contributed by atoms with Crippen molar-refractivity contribution in [3.05, 3.63) is 60.9 Å². The van der Waals surface area contributed by atoms with Crippen LogP contribution < -0.4 is 9.64 Å². The number of hydrogen-bond acceptors (Lipinski definition) is 4. The molecule has 3 aromatic rings. The van der Waals surface area contributed by atoms with Crippen LogP contribution >= 0.6 is 0 Å². The van der Waals surface area contributed by atoms with Crippen molar-refractivity contribution in [1.82, 2.24) is 9.97 Å². The predicted molar refractivity (Wildman–Crippen MR) is 91.8 cm³/mol. The summed E-state index contributed by atoms with van der Waals surface area (Å²) in [5, 5.41) is 1.19. The number of fused-ring (bicyclic) bond motifs is 1. The maximum Gasteiger partial charge on any atom is 0.129 e. The number of anilines is 1. The monoisotopic (exact) mass is 305 g/mol. The van der Waals surface area contributed by atoms with E-state index >= 15 is 0 Å². The molecular formula is C19H19N3O. The number of ether oxygens (including phenoxy) is 1.